The van der Waals surface area contributed by atoms with Crippen LogP contribution >= 0.6 is 0 Å². The highest BCUT2D eigenvalue weighted by molar-refractivity contribution is 4.84. The average molecular weight is 226 g/mol. The van der Waals surface area contributed by atoms with Gasteiger partial charge in [0.25, 0.3) is 0 Å². The third-order valence-corrected chi connectivity index (χ3v) is 4.55. The van der Waals surface area contributed by atoms with Crippen LogP contribution in [0, 0.1) is 11.8 Å². The number of nitrogens with two attached hydrogens (primary N) is 1. The molecular weight excluding hydrogens is 196 g/mol. The predicted molar refractivity (Wildman–Crippen MR) is 71.5 cm³/mol. The van der Waals surface area contributed by atoms with Crippen molar-refractivity contribution < 1.29 is 0 Å². The molecule has 4 atom stereocenters. The first-order valence-corrected chi connectivity index (χ1v) is 7.02. The van der Waals surface area contributed by atoms with Gasteiger partial charge < -0.3 is 5.73 Å². The highest BCUT2D eigenvalue weighted by atomic mass is 15.2. The summed E-state index contributed by atoms with van der Waals surface area (Å²) < 4.78 is 0. The third kappa shape index (κ3) is 3.46. The molecule has 0 saturated heterocycles. The topological polar surface area (TPSA) is 29.3 Å². The van der Waals surface area contributed by atoms with Gasteiger partial charge in [0.15, 0.2) is 0 Å². The Balaban J connectivity index is 2.55. The van der Waals surface area contributed by atoms with Gasteiger partial charge in [0, 0.05) is 18.6 Å². The summed E-state index contributed by atoms with van der Waals surface area (Å²) in [6.45, 7) is 7.79. The molecule has 16 heavy (non-hydrogen) atoms. The minimum absolute atomic E-state index is 0.570. The summed E-state index contributed by atoms with van der Waals surface area (Å²) in [4.78, 5) is 2.57. The van der Waals surface area contributed by atoms with Gasteiger partial charge in [-0.05, 0) is 31.7 Å². The van der Waals surface area contributed by atoms with Crippen LogP contribution in [-0.2, 0) is 0 Å². The lowest BCUT2D eigenvalue weighted by Gasteiger charge is -2.40. The van der Waals surface area contributed by atoms with Gasteiger partial charge in [-0.2, -0.15) is 0 Å². The van der Waals surface area contributed by atoms with Crippen molar-refractivity contribution in [3.63, 3.8) is 0 Å². The molecule has 1 rings (SSSR count). The minimum Gasteiger partial charge on any atom is -0.329 e. The van der Waals surface area contributed by atoms with Gasteiger partial charge in [-0.1, -0.05) is 40.0 Å². The Bertz CT molecular complexity index is 193. The molecule has 4 unspecified atom stereocenters. The van der Waals surface area contributed by atoms with Gasteiger partial charge in [-0.3, -0.25) is 4.90 Å². The van der Waals surface area contributed by atoms with E-state index < -0.39 is 0 Å². The van der Waals surface area contributed by atoms with Crippen LogP contribution in [0.15, 0.2) is 0 Å². The molecule has 2 heteroatoms. The molecule has 0 radical (unpaired) electrons. The number of hydrogen-bond acceptors (Lipinski definition) is 2. The second-order valence-corrected chi connectivity index (χ2v) is 5.78. The summed E-state index contributed by atoms with van der Waals surface area (Å²) >= 11 is 0. The van der Waals surface area contributed by atoms with Crippen molar-refractivity contribution >= 4 is 0 Å². The van der Waals surface area contributed by atoms with E-state index in [0.29, 0.717) is 12.0 Å². The molecule has 0 aromatic carbocycles. The van der Waals surface area contributed by atoms with E-state index in [2.05, 4.69) is 32.7 Å². The quantitative estimate of drug-likeness (QED) is 0.781. The summed E-state index contributed by atoms with van der Waals surface area (Å²) in [5.41, 5.74) is 5.95. The van der Waals surface area contributed by atoms with Crippen molar-refractivity contribution in [2.75, 3.05) is 13.6 Å². The molecule has 0 bridgehead atoms. The molecule has 1 aliphatic rings. The molecule has 0 aromatic rings. The maximum Gasteiger partial charge on any atom is 0.0243 e. The van der Waals surface area contributed by atoms with E-state index in [9.17, 15) is 0 Å². The number of hydrogen-bond donors (Lipinski definition) is 1. The van der Waals surface area contributed by atoms with Gasteiger partial charge in [0.1, 0.15) is 0 Å². The normalized spacial score (nSPS) is 30.4. The number of nitrogens with zero attached hydrogens (tertiary/aromatic N) is 1. The fraction of sp³-hybridized carbons (Fsp3) is 1.00. The Labute approximate surface area is 102 Å². The molecule has 1 fully saturated rings. The Morgan fingerprint density at radius 1 is 1.38 bits per heavy atom. The zero-order valence-electron chi connectivity index (χ0n) is 11.6. The van der Waals surface area contributed by atoms with Crippen LogP contribution < -0.4 is 5.73 Å². The molecule has 96 valence electrons. The first-order chi connectivity index (χ1) is 7.60. The fourth-order valence-corrected chi connectivity index (χ4v) is 3.11. The van der Waals surface area contributed by atoms with Crippen molar-refractivity contribution in [1.82, 2.24) is 4.90 Å². The fourth-order valence-electron chi connectivity index (χ4n) is 3.11. The maximum atomic E-state index is 5.95. The lowest BCUT2D eigenvalue weighted by molar-refractivity contribution is 0.0915. The van der Waals surface area contributed by atoms with E-state index in [-0.39, 0.29) is 0 Å². The molecule has 0 aromatic heterocycles. The second-order valence-electron chi connectivity index (χ2n) is 5.78. The van der Waals surface area contributed by atoms with E-state index >= 15 is 0 Å². The van der Waals surface area contributed by atoms with Gasteiger partial charge in [-0.15, -0.1) is 0 Å². The largest absolute Gasteiger partial charge is 0.329 e. The first-order valence-electron chi connectivity index (χ1n) is 7.02. The van der Waals surface area contributed by atoms with Gasteiger partial charge >= 0.3 is 0 Å². The zero-order chi connectivity index (χ0) is 12.1. The van der Waals surface area contributed by atoms with E-state index in [1.54, 1.807) is 0 Å². The Morgan fingerprint density at radius 3 is 2.56 bits per heavy atom. The minimum atomic E-state index is 0.570. The Morgan fingerprint density at radius 2 is 2.06 bits per heavy atom. The Kier molecular flexibility index (Phi) is 5.77. The van der Waals surface area contributed by atoms with Crippen LogP contribution in [0.5, 0.6) is 0 Å². The number of rotatable bonds is 5. The summed E-state index contributed by atoms with van der Waals surface area (Å²) in [6.07, 6.45) is 6.78. The lowest BCUT2D eigenvalue weighted by Crippen LogP contribution is -2.49. The average Bonchev–Trinajstić information content (AvgIpc) is 2.29. The summed E-state index contributed by atoms with van der Waals surface area (Å²) in [6, 6.07) is 1.34. The van der Waals surface area contributed by atoms with Crippen molar-refractivity contribution in [2.45, 2.75) is 65.0 Å². The molecule has 0 heterocycles. The maximum absolute atomic E-state index is 5.95. The monoisotopic (exact) mass is 226 g/mol. The summed E-state index contributed by atoms with van der Waals surface area (Å²) in [5, 5.41) is 0. The van der Waals surface area contributed by atoms with E-state index in [1.807, 2.05) is 0 Å². The van der Waals surface area contributed by atoms with E-state index in [0.717, 1.165) is 18.5 Å². The van der Waals surface area contributed by atoms with Gasteiger partial charge in [0.2, 0.25) is 0 Å². The standard InChI is InChI=1S/C14H30N2/c1-5-12(3)14(10-15)16(4)13-8-6-7-11(2)9-13/h11-14H,5-10,15H2,1-4H3. The van der Waals surface area contributed by atoms with E-state index in [4.69, 9.17) is 5.73 Å². The van der Waals surface area contributed by atoms with Crippen LogP contribution in [0.2, 0.25) is 0 Å². The van der Waals surface area contributed by atoms with Crippen LogP contribution in [0.3, 0.4) is 0 Å². The van der Waals surface area contributed by atoms with Crippen molar-refractivity contribution in [2.24, 2.45) is 17.6 Å². The van der Waals surface area contributed by atoms with E-state index in [1.165, 1.54) is 32.1 Å². The SMILES string of the molecule is CCC(C)C(CN)N(C)C1CCCC(C)C1. The summed E-state index contributed by atoms with van der Waals surface area (Å²) in [7, 11) is 2.28. The predicted octanol–water partition coefficient (Wildman–Crippen LogP) is 2.87. The molecular formula is C14H30N2. The van der Waals surface area contributed by atoms with Crippen LogP contribution in [0.25, 0.3) is 0 Å². The number of likely N-dealkylation sites (N-methyl/N-ethyl adjacent to an activating group) is 1. The molecule has 0 aliphatic heterocycles. The molecule has 2 N–H and O–H groups in total. The molecule has 0 amide bonds. The van der Waals surface area contributed by atoms with Crippen molar-refractivity contribution in [1.29, 1.82) is 0 Å². The first kappa shape index (κ1) is 14.0. The molecule has 1 aliphatic carbocycles. The van der Waals surface area contributed by atoms with Crippen LogP contribution in [0.4, 0.5) is 0 Å². The highest BCUT2D eigenvalue weighted by Gasteiger charge is 2.28. The smallest absolute Gasteiger partial charge is 0.0243 e. The summed E-state index contributed by atoms with van der Waals surface area (Å²) in [5.74, 6) is 1.61. The van der Waals surface area contributed by atoms with Crippen molar-refractivity contribution in [3.05, 3.63) is 0 Å². The van der Waals surface area contributed by atoms with Crippen molar-refractivity contribution in [3.8, 4) is 0 Å². The van der Waals surface area contributed by atoms with Crippen LogP contribution in [0.1, 0.15) is 52.9 Å². The van der Waals surface area contributed by atoms with Gasteiger partial charge in [0.05, 0.1) is 0 Å². The van der Waals surface area contributed by atoms with Crippen LogP contribution in [-0.4, -0.2) is 30.6 Å². The second kappa shape index (κ2) is 6.61. The Hall–Kier alpha value is -0.0800. The molecule has 1 saturated carbocycles. The third-order valence-electron chi connectivity index (χ3n) is 4.55. The molecule has 0 spiro atoms. The zero-order valence-corrected chi connectivity index (χ0v) is 11.6. The van der Waals surface area contributed by atoms with Gasteiger partial charge in [-0.25, -0.2) is 0 Å². The lowest BCUT2D eigenvalue weighted by atomic mass is 9.84. The molecule has 2 nitrogen and oxygen atoms in total. The highest BCUT2D eigenvalue weighted by Crippen LogP contribution is 2.29.